The third kappa shape index (κ3) is 7.94. The molecule has 2 aromatic rings. The summed E-state index contributed by atoms with van der Waals surface area (Å²) in [7, 11) is -8.11. The number of nitrogens with two attached hydrogens (primary N) is 1. The van der Waals surface area contributed by atoms with E-state index in [4.69, 9.17) is 5.73 Å². The van der Waals surface area contributed by atoms with Crippen LogP contribution in [-0.2, 0) is 25.8 Å². The van der Waals surface area contributed by atoms with Crippen LogP contribution in [0.4, 0.5) is 5.69 Å². The molecule has 0 aliphatic rings. The number of carboxylic acid groups (broad SMARTS) is 1. The zero-order chi connectivity index (χ0) is 25.5. The van der Waals surface area contributed by atoms with Crippen LogP contribution in [0.15, 0.2) is 48.5 Å². The maximum Gasteiger partial charge on any atom is 0.311 e. The molecule has 188 valence electrons. The van der Waals surface area contributed by atoms with Gasteiger partial charge in [0.15, 0.2) is 0 Å². The van der Waals surface area contributed by atoms with Crippen LogP contribution in [0.2, 0.25) is 0 Å². The highest BCUT2D eigenvalue weighted by Crippen LogP contribution is 2.51. The molecule has 8 nitrogen and oxygen atoms in total. The smallest absolute Gasteiger partial charge is 0.311 e. The van der Waals surface area contributed by atoms with Gasteiger partial charge in [-0.1, -0.05) is 56.3 Å². The number of aliphatic carboxylic acids is 1. The van der Waals surface area contributed by atoms with Crippen LogP contribution in [0.5, 0.6) is 0 Å². The molecule has 2 rings (SSSR count). The van der Waals surface area contributed by atoms with E-state index in [0.717, 1.165) is 12.0 Å². The molecule has 0 aromatic heterocycles. The lowest BCUT2D eigenvalue weighted by Gasteiger charge is -2.29. The fourth-order valence-corrected chi connectivity index (χ4v) is 8.45. The second-order valence-corrected chi connectivity index (χ2v) is 13.3. The summed E-state index contributed by atoms with van der Waals surface area (Å²) in [6, 6.07) is 14.5. The third-order valence-corrected chi connectivity index (χ3v) is 9.97. The van der Waals surface area contributed by atoms with E-state index in [1.54, 1.807) is 39.0 Å². The highest BCUT2D eigenvalue weighted by atomic mass is 32.2. The van der Waals surface area contributed by atoms with Crippen molar-refractivity contribution in [3.63, 3.8) is 0 Å². The minimum Gasteiger partial charge on any atom is -0.481 e. The van der Waals surface area contributed by atoms with Gasteiger partial charge >= 0.3 is 5.97 Å². The summed E-state index contributed by atoms with van der Waals surface area (Å²) >= 11 is 0. The summed E-state index contributed by atoms with van der Waals surface area (Å²) < 4.78 is 41.2. The van der Waals surface area contributed by atoms with E-state index in [-0.39, 0.29) is 5.75 Å². The Labute approximate surface area is 202 Å². The van der Waals surface area contributed by atoms with Crippen molar-refractivity contribution in [3.8, 4) is 0 Å². The van der Waals surface area contributed by atoms with Gasteiger partial charge in [-0.3, -0.25) is 9.36 Å². The number of sulfonamides is 1. The van der Waals surface area contributed by atoms with Crippen molar-refractivity contribution < 1.29 is 27.8 Å². The molecule has 0 aliphatic heterocycles. The molecule has 0 amide bonds. The van der Waals surface area contributed by atoms with Crippen LogP contribution in [-0.4, -0.2) is 42.1 Å². The minimum atomic E-state index is -4.26. The molecule has 0 saturated carbocycles. The molecule has 10 heteroatoms. The van der Waals surface area contributed by atoms with Crippen molar-refractivity contribution in [3.05, 3.63) is 65.2 Å². The van der Waals surface area contributed by atoms with Crippen molar-refractivity contribution in [2.45, 2.75) is 51.7 Å². The summed E-state index contributed by atoms with van der Waals surface area (Å²) in [5.41, 5.74) is 8.25. The van der Waals surface area contributed by atoms with Gasteiger partial charge in [0.25, 0.3) is 0 Å². The lowest BCUT2D eigenvalue weighted by Crippen LogP contribution is -2.41. The Kier molecular flexibility index (Phi) is 9.88. The van der Waals surface area contributed by atoms with Gasteiger partial charge in [-0.25, -0.2) is 13.1 Å². The first-order chi connectivity index (χ1) is 15.8. The average molecular weight is 511 g/mol. The third-order valence-electron chi connectivity index (χ3n) is 5.87. The summed E-state index contributed by atoms with van der Waals surface area (Å²) in [5, 5.41) is 9.78. The zero-order valence-corrected chi connectivity index (χ0v) is 21.6. The Morgan fingerprint density at radius 3 is 2.32 bits per heavy atom. The number of rotatable bonds is 13. The van der Waals surface area contributed by atoms with Gasteiger partial charge in [-0.2, -0.15) is 0 Å². The Morgan fingerprint density at radius 2 is 1.74 bits per heavy atom. The lowest BCUT2D eigenvalue weighted by molar-refractivity contribution is -0.138. The normalized spacial score (nSPS) is 15.6. The van der Waals surface area contributed by atoms with Crippen molar-refractivity contribution >= 4 is 29.0 Å². The Morgan fingerprint density at radius 1 is 1.09 bits per heavy atom. The van der Waals surface area contributed by atoms with Gasteiger partial charge in [-0.05, 0) is 54.9 Å². The van der Waals surface area contributed by atoms with Gasteiger partial charge in [0.1, 0.15) is 5.78 Å². The van der Waals surface area contributed by atoms with E-state index in [1.807, 2.05) is 30.3 Å². The number of unbranched alkanes of at least 4 members (excludes halogenated alkanes) is 1. The molecule has 0 saturated heterocycles. The fraction of sp³-hybridized carbons (Fsp3) is 0.458. The van der Waals surface area contributed by atoms with Gasteiger partial charge in [0, 0.05) is 11.8 Å². The van der Waals surface area contributed by atoms with Gasteiger partial charge in [0.2, 0.25) is 17.4 Å². The maximum atomic E-state index is 13.4. The van der Waals surface area contributed by atoms with Crippen molar-refractivity contribution in [1.82, 2.24) is 4.72 Å². The molecule has 0 fully saturated rings. The molecule has 5 N–H and O–H groups in total. The largest absolute Gasteiger partial charge is 0.481 e. The van der Waals surface area contributed by atoms with E-state index in [2.05, 4.69) is 4.72 Å². The standard InChI is InChI=1S/C24H35N2O6PS/c1-17(2)23(26-34(31,32)15-8-7-12-19-10-5-4-6-11-19)33(29,30)16-21(24(27)28)20-13-9-14-22(25)18(20)3/h4-6,9-11,13-14,17,21,23,26H,7-8,12,15-16,25H2,1-3H3,(H,27,28)(H,29,30). The number of nitrogens with one attached hydrogen (secondary N) is 1. The van der Waals surface area contributed by atoms with E-state index in [9.17, 15) is 27.8 Å². The Bertz CT molecular complexity index is 1120. The lowest BCUT2D eigenvalue weighted by atomic mass is 9.95. The molecule has 34 heavy (non-hydrogen) atoms. The fourth-order valence-electron chi connectivity index (χ4n) is 3.93. The maximum absolute atomic E-state index is 13.4. The Balaban J connectivity index is 2.12. The molecule has 0 aliphatic carbocycles. The van der Waals surface area contributed by atoms with Gasteiger partial charge in [-0.15, -0.1) is 0 Å². The molecule has 0 bridgehead atoms. The van der Waals surface area contributed by atoms with Gasteiger partial charge < -0.3 is 15.7 Å². The van der Waals surface area contributed by atoms with Crippen LogP contribution in [0.1, 0.15) is 49.3 Å². The van der Waals surface area contributed by atoms with Crippen molar-refractivity contribution in [1.29, 1.82) is 0 Å². The van der Waals surface area contributed by atoms with Crippen LogP contribution in [0.3, 0.4) is 0 Å². The Hall–Kier alpha value is -2.19. The highest BCUT2D eigenvalue weighted by Gasteiger charge is 2.40. The van der Waals surface area contributed by atoms with E-state index in [0.29, 0.717) is 29.7 Å². The minimum absolute atomic E-state index is 0.181. The van der Waals surface area contributed by atoms with E-state index >= 15 is 0 Å². The monoisotopic (exact) mass is 510 g/mol. The van der Waals surface area contributed by atoms with Crippen LogP contribution in [0.25, 0.3) is 0 Å². The van der Waals surface area contributed by atoms with Crippen molar-refractivity contribution in [2.75, 3.05) is 17.6 Å². The molecule has 0 spiro atoms. The van der Waals surface area contributed by atoms with Crippen LogP contribution in [0, 0.1) is 12.8 Å². The molecule has 3 unspecified atom stereocenters. The second kappa shape index (κ2) is 12.0. The summed E-state index contributed by atoms with van der Waals surface area (Å²) in [4.78, 5) is 22.9. The number of nitrogen functional groups attached to an aromatic ring is 1. The predicted octanol–water partition coefficient (Wildman–Crippen LogP) is 3.94. The van der Waals surface area contributed by atoms with Crippen LogP contribution >= 0.6 is 7.37 Å². The van der Waals surface area contributed by atoms with Gasteiger partial charge in [0.05, 0.1) is 11.7 Å². The first-order valence-electron chi connectivity index (χ1n) is 11.3. The van der Waals surface area contributed by atoms with E-state index < -0.39 is 47.1 Å². The molecular weight excluding hydrogens is 475 g/mol. The summed E-state index contributed by atoms with van der Waals surface area (Å²) in [5.74, 6) is -4.56. The number of benzene rings is 2. The highest BCUT2D eigenvalue weighted by molar-refractivity contribution is 7.89. The zero-order valence-electron chi connectivity index (χ0n) is 19.8. The van der Waals surface area contributed by atoms with Crippen LogP contribution < -0.4 is 10.5 Å². The molecule has 0 radical (unpaired) electrons. The number of hydrogen-bond acceptors (Lipinski definition) is 5. The average Bonchev–Trinajstić information content (AvgIpc) is 2.76. The molecular formula is C24H35N2O6PS. The van der Waals surface area contributed by atoms with E-state index in [1.165, 1.54) is 0 Å². The first kappa shape index (κ1) is 28.1. The number of aryl methyl sites for hydroxylation is 1. The second-order valence-electron chi connectivity index (χ2n) is 8.96. The molecule has 3 atom stereocenters. The first-order valence-corrected chi connectivity index (χ1v) is 14.8. The molecule has 0 heterocycles. The number of carboxylic acids is 1. The number of anilines is 1. The topological polar surface area (TPSA) is 147 Å². The number of carbonyl (C=O) groups is 1. The predicted molar refractivity (Wildman–Crippen MR) is 136 cm³/mol. The quantitative estimate of drug-likeness (QED) is 0.181. The number of hydrogen-bond donors (Lipinski definition) is 4. The summed E-state index contributed by atoms with van der Waals surface area (Å²) in [6.07, 6.45) is 1.18. The SMILES string of the molecule is Cc1c(N)cccc1C(CP(=O)(O)C(NS(=O)(=O)CCCCc1ccccc1)C(C)C)C(=O)O. The molecule has 2 aromatic carbocycles. The van der Waals surface area contributed by atoms with Crippen molar-refractivity contribution in [2.24, 2.45) is 5.92 Å². The summed E-state index contributed by atoms with van der Waals surface area (Å²) in [6.45, 7) is 4.92.